The van der Waals surface area contributed by atoms with E-state index in [4.69, 9.17) is 9.84 Å². The monoisotopic (exact) mass is 285 g/mol. The molecule has 0 aliphatic carbocycles. The molecule has 0 spiro atoms. The predicted octanol–water partition coefficient (Wildman–Crippen LogP) is 1.43. The smallest absolute Gasteiger partial charge is 0.328 e. The quantitative estimate of drug-likeness (QED) is 0.746. The number of amides is 1. The molecule has 0 aromatic carbocycles. The van der Waals surface area contributed by atoms with Gasteiger partial charge in [0.05, 0.1) is 13.0 Å². The zero-order chi connectivity index (χ0) is 15.3. The van der Waals surface area contributed by atoms with Gasteiger partial charge < -0.3 is 14.7 Å². The van der Waals surface area contributed by atoms with E-state index < -0.39 is 17.4 Å². The van der Waals surface area contributed by atoms with Crippen LogP contribution in [-0.4, -0.2) is 47.0 Å². The van der Waals surface area contributed by atoms with Gasteiger partial charge in [0.1, 0.15) is 6.04 Å². The van der Waals surface area contributed by atoms with Gasteiger partial charge in [0.25, 0.3) is 0 Å². The molecule has 1 rings (SSSR count). The lowest BCUT2D eigenvalue weighted by Crippen LogP contribution is -2.43. The first-order valence-corrected chi connectivity index (χ1v) is 6.95. The van der Waals surface area contributed by atoms with Gasteiger partial charge in [-0.05, 0) is 25.2 Å². The average Bonchev–Trinajstić information content (AvgIpc) is 2.75. The van der Waals surface area contributed by atoms with Crippen LogP contribution in [0.3, 0.4) is 0 Å². The summed E-state index contributed by atoms with van der Waals surface area (Å²) in [7, 11) is 0. The molecule has 0 bridgehead atoms. The van der Waals surface area contributed by atoms with Gasteiger partial charge in [-0.3, -0.25) is 9.59 Å². The molecule has 1 atom stereocenters. The zero-order valence-electron chi connectivity index (χ0n) is 12.3. The number of carbonyl (C=O) groups is 3. The molecule has 1 fully saturated rings. The molecule has 0 aromatic rings. The van der Waals surface area contributed by atoms with Crippen molar-refractivity contribution in [1.29, 1.82) is 0 Å². The van der Waals surface area contributed by atoms with Crippen LogP contribution in [0.5, 0.6) is 0 Å². The van der Waals surface area contributed by atoms with E-state index in [1.54, 1.807) is 20.8 Å². The number of nitrogens with zero attached hydrogens (tertiary/aromatic N) is 1. The third-order valence-corrected chi connectivity index (χ3v) is 3.39. The Balaban J connectivity index is 2.66. The van der Waals surface area contributed by atoms with E-state index in [2.05, 4.69) is 0 Å². The van der Waals surface area contributed by atoms with Crippen LogP contribution in [-0.2, 0) is 19.1 Å². The molecule has 6 heteroatoms. The molecule has 0 aromatic heterocycles. The Labute approximate surface area is 119 Å². The average molecular weight is 285 g/mol. The molecule has 1 saturated heterocycles. The van der Waals surface area contributed by atoms with Crippen molar-refractivity contribution in [3.05, 3.63) is 0 Å². The Morgan fingerprint density at radius 1 is 1.30 bits per heavy atom. The van der Waals surface area contributed by atoms with Crippen molar-refractivity contribution in [3.8, 4) is 0 Å². The Morgan fingerprint density at radius 2 is 1.95 bits per heavy atom. The second kappa shape index (κ2) is 6.72. The number of carbonyl (C=O) groups excluding carboxylic acids is 2. The maximum Gasteiger partial charge on any atom is 0.328 e. The van der Waals surface area contributed by atoms with E-state index >= 15 is 0 Å². The van der Waals surface area contributed by atoms with E-state index in [1.165, 1.54) is 4.90 Å². The lowest BCUT2D eigenvalue weighted by Gasteiger charge is -2.28. The van der Waals surface area contributed by atoms with E-state index in [0.717, 1.165) is 6.42 Å². The largest absolute Gasteiger partial charge is 0.481 e. The van der Waals surface area contributed by atoms with E-state index in [-0.39, 0.29) is 24.7 Å². The van der Waals surface area contributed by atoms with Crippen molar-refractivity contribution in [2.24, 2.45) is 5.41 Å². The second-order valence-corrected chi connectivity index (χ2v) is 5.91. The molecule has 1 aliphatic rings. The SMILES string of the molecule is CCOC(=O)C1CCCN1C(=O)CC(C)(C)CC(=O)O. The normalized spacial score (nSPS) is 18.9. The third kappa shape index (κ3) is 4.51. The van der Waals surface area contributed by atoms with Crippen molar-refractivity contribution in [3.63, 3.8) is 0 Å². The van der Waals surface area contributed by atoms with Gasteiger partial charge in [-0.25, -0.2) is 4.79 Å². The van der Waals surface area contributed by atoms with Gasteiger partial charge in [-0.1, -0.05) is 13.8 Å². The van der Waals surface area contributed by atoms with Gasteiger partial charge in [-0.2, -0.15) is 0 Å². The summed E-state index contributed by atoms with van der Waals surface area (Å²) in [5.41, 5.74) is -0.620. The summed E-state index contributed by atoms with van der Waals surface area (Å²) in [5, 5.41) is 8.84. The molecule has 20 heavy (non-hydrogen) atoms. The fraction of sp³-hybridized carbons (Fsp3) is 0.786. The Morgan fingerprint density at radius 3 is 2.50 bits per heavy atom. The second-order valence-electron chi connectivity index (χ2n) is 5.91. The van der Waals surface area contributed by atoms with E-state index in [9.17, 15) is 14.4 Å². The minimum Gasteiger partial charge on any atom is -0.481 e. The van der Waals surface area contributed by atoms with E-state index in [1.807, 2.05) is 0 Å². The van der Waals surface area contributed by atoms with Crippen molar-refractivity contribution in [2.75, 3.05) is 13.2 Å². The van der Waals surface area contributed by atoms with Crippen molar-refractivity contribution in [2.45, 2.75) is 52.5 Å². The van der Waals surface area contributed by atoms with Crippen molar-refractivity contribution >= 4 is 17.8 Å². The molecule has 0 saturated carbocycles. The lowest BCUT2D eigenvalue weighted by atomic mass is 9.85. The molecule has 114 valence electrons. The summed E-state index contributed by atoms with van der Waals surface area (Å²) < 4.78 is 4.97. The molecule has 1 heterocycles. The number of ether oxygens (including phenoxy) is 1. The molecular formula is C14H23NO5. The summed E-state index contributed by atoms with van der Waals surface area (Å²) in [5.74, 6) is -1.47. The maximum atomic E-state index is 12.3. The number of hydrogen-bond acceptors (Lipinski definition) is 4. The van der Waals surface area contributed by atoms with Crippen LogP contribution in [0.15, 0.2) is 0 Å². The summed E-state index contributed by atoms with van der Waals surface area (Å²) in [6.07, 6.45) is 1.43. The number of hydrogen-bond donors (Lipinski definition) is 1. The Kier molecular flexibility index (Phi) is 5.53. The van der Waals surface area contributed by atoms with Gasteiger partial charge in [0, 0.05) is 13.0 Å². The van der Waals surface area contributed by atoms with Crippen LogP contribution in [0.25, 0.3) is 0 Å². The minimum absolute atomic E-state index is 0.0728. The van der Waals surface area contributed by atoms with Crippen LogP contribution in [0.1, 0.15) is 46.5 Å². The molecule has 1 aliphatic heterocycles. The molecule has 0 radical (unpaired) electrons. The molecule has 1 N–H and O–H groups in total. The van der Waals surface area contributed by atoms with Crippen molar-refractivity contribution < 1.29 is 24.2 Å². The number of carboxylic acids is 1. The molecular weight excluding hydrogens is 262 g/mol. The topological polar surface area (TPSA) is 83.9 Å². The number of likely N-dealkylation sites (tertiary alicyclic amines) is 1. The number of rotatable bonds is 6. The summed E-state index contributed by atoms with van der Waals surface area (Å²) in [4.78, 5) is 36.4. The standard InChI is InChI=1S/C14H23NO5/c1-4-20-13(19)10-6-5-7-15(10)11(16)8-14(2,3)9-12(17)18/h10H,4-9H2,1-3H3,(H,17,18). The Bertz CT molecular complexity index is 391. The highest BCUT2D eigenvalue weighted by molar-refractivity contribution is 5.85. The van der Waals surface area contributed by atoms with Crippen LogP contribution < -0.4 is 0 Å². The third-order valence-electron chi connectivity index (χ3n) is 3.39. The summed E-state index contributed by atoms with van der Waals surface area (Å²) >= 11 is 0. The summed E-state index contributed by atoms with van der Waals surface area (Å²) in [6.45, 7) is 6.05. The lowest BCUT2D eigenvalue weighted by molar-refractivity contribution is -0.154. The van der Waals surface area contributed by atoms with Crippen LogP contribution in [0, 0.1) is 5.41 Å². The minimum atomic E-state index is -0.925. The number of aliphatic carboxylic acids is 1. The highest BCUT2D eigenvalue weighted by atomic mass is 16.5. The molecule has 1 amide bonds. The van der Waals surface area contributed by atoms with Gasteiger partial charge in [0.2, 0.25) is 5.91 Å². The highest BCUT2D eigenvalue weighted by Gasteiger charge is 2.37. The fourth-order valence-electron chi connectivity index (χ4n) is 2.53. The zero-order valence-corrected chi connectivity index (χ0v) is 12.3. The molecule has 6 nitrogen and oxygen atoms in total. The first-order valence-electron chi connectivity index (χ1n) is 6.95. The van der Waals surface area contributed by atoms with Crippen LogP contribution >= 0.6 is 0 Å². The van der Waals surface area contributed by atoms with Crippen LogP contribution in [0.2, 0.25) is 0 Å². The van der Waals surface area contributed by atoms with Gasteiger partial charge >= 0.3 is 11.9 Å². The first-order chi connectivity index (χ1) is 9.26. The maximum absolute atomic E-state index is 12.3. The van der Waals surface area contributed by atoms with Gasteiger partial charge in [0.15, 0.2) is 0 Å². The summed E-state index contributed by atoms with van der Waals surface area (Å²) in [6, 6.07) is -0.511. The number of carboxylic acid groups (broad SMARTS) is 1. The fourth-order valence-corrected chi connectivity index (χ4v) is 2.53. The Hall–Kier alpha value is -1.59. The van der Waals surface area contributed by atoms with Crippen LogP contribution in [0.4, 0.5) is 0 Å². The first kappa shape index (κ1) is 16.5. The highest BCUT2D eigenvalue weighted by Crippen LogP contribution is 2.28. The number of esters is 1. The predicted molar refractivity (Wildman–Crippen MR) is 72.0 cm³/mol. The molecule has 1 unspecified atom stereocenters. The van der Waals surface area contributed by atoms with E-state index in [0.29, 0.717) is 19.6 Å². The van der Waals surface area contributed by atoms with Crippen molar-refractivity contribution in [1.82, 2.24) is 4.90 Å². The van der Waals surface area contributed by atoms with Gasteiger partial charge in [-0.15, -0.1) is 0 Å².